The lowest BCUT2D eigenvalue weighted by molar-refractivity contribution is -0.130. The van der Waals surface area contributed by atoms with Crippen LogP contribution >= 0.6 is 11.8 Å². The highest BCUT2D eigenvalue weighted by Crippen LogP contribution is 2.25. The van der Waals surface area contributed by atoms with E-state index in [0.717, 1.165) is 31.7 Å². The summed E-state index contributed by atoms with van der Waals surface area (Å²) < 4.78 is 5.73. The number of amides is 1. The summed E-state index contributed by atoms with van der Waals surface area (Å²) >= 11 is 1.33. The Morgan fingerprint density at radius 3 is 2.34 bits per heavy atom. The zero-order valence-electron chi connectivity index (χ0n) is 16.4. The second-order valence-electron chi connectivity index (χ2n) is 7.03. The van der Waals surface area contributed by atoms with E-state index in [4.69, 9.17) is 4.42 Å². The molecule has 1 aliphatic heterocycles. The lowest BCUT2D eigenvalue weighted by atomic mass is 10.2. The Balaban J connectivity index is 1.29. The van der Waals surface area contributed by atoms with E-state index in [1.165, 1.54) is 17.4 Å². The number of hydrogen-bond donors (Lipinski definition) is 0. The van der Waals surface area contributed by atoms with E-state index in [-0.39, 0.29) is 11.2 Å². The van der Waals surface area contributed by atoms with Gasteiger partial charge in [-0.2, -0.15) is 0 Å². The Labute approximate surface area is 174 Å². The van der Waals surface area contributed by atoms with E-state index in [1.54, 1.807) is 0 Å². The van der Waals surface area contributed by atoms with Gasteiger partial charge >= 0.3 is 0 Å². The van der Waals surface area contributed by atoms with E-state index < -0.39 is 0 Å². The number of carbonyl (C=O) groups excluding carboxylic acids is 1. The molecule has 150 valence electrons. The molecule has 3 aromatic rings. The van der Waals surface area contributed by atoms with Gasteiger partial charge in [0, 0.05) is 31.9 Å². The quantitative estimate of drug-likeness (QED) is 0.582. The molecule has 0 aliphatic carbocycles. The molecule has 1 amide bonds. The molecule has 6 nitrogen and oxygen atoms in total. The Morgan fingerprint density at radius 2 is 1.66 bits per heavy atom. The number of nitrogens with zero attached hydrogens (tertiary/aromatic N) is 4. The van der Waals surface area contributed by atoms with Crippen LogP contribution in [0.5, 0.6) is 0 Å². The molecule has 0 N–H and O–H groups in total. The summed E-state index contributed by atoms with van der Waals surface area (Å²) in [6, 6.07) is 20.3. The van der Waals surface area contributed by atoms with Crippen molar-refractivity contribution in [1.29, 1.82) is 0 Å². The van der Waals surface area contributed by atoms with Gasteiger partial charge in [-0.25, -0.2) is 0 Å². The van der Waals surface area contributed by atoms with Crippen LogP contribution in [0.3, 0.4) is 0 Å². The van der Waals surface area contributed by atoms with Crippen LogP contribution in [0.1, 0.15) is 18.4 Å². The van der Waals surface area contributed by atoms with Crippen molar-refractivity contribution in [2.24, 2.45) is 0 Å². The van der Waals surface area contributed by atoms with Crippen molar-refractivity contribution in [1.82, 2.24) is 15.1 Å². The molecule has 7 heteroatoms. The average Bonchev–Trinajstić information content (AvgIpc) is 3.21. The number of thioether (sulfide) groups is 1. The molecule has 29 heavy (non-hydrogen) atoms. The van der Waals surface area contributed by atoms with E-state index in [0.29, 0.717) is 17.5 Å². The smallest absolute Gasteiger partial charge is 0.277 e. The first-order valence-corrected chi connectivity index (χ1v) is 10.7. The van der Waals surface area contributed by atoms with Crippen molar-refractivity contribution < 1.29 is 9.21 Å². The summed E-state index contributed by atoms with van der Waals surface area (Å²) in [4.78, 5) is 17.1. The number of aromatic nitrogens is 2. The molecule has 0 spiro atoms. The first-order chi connectivity index (χ1) is 14.2. The molecular formula is C22H24N4O2S. The van der Waals surface area contributed by atoms with Crippen LogP contribution < -0.4 is 4.90 Å². The predicted molar refractivity (Wildman–Crippen MR) is 114 cm³/mol. The predicted octanol–water partition coefficient (Wildman–Crippen LogP) is 3.49. The number of para-hydroxylation sites is 1. The highest BCUT2D eigenvalue weighted by atomic mass is 32.2. The molecule has 1 saturated heterocycles. The van der Waals surface area contributed by atoms with Crippen LogP contribution in [0, 0.1) is 0 Å². The van der Waals surface area contributed by atoms with Gasteiger partial charge in [0.2, 0.25) is 11.8 Å². The van der Waals surface area contributed by atoms with Gasteiger partial charge in [0.05, 0.1) is 11.7 Å². The number of rotatable bonds is 6. The van der Waals surface area contributed by atoms with Crippen LogP contribution in [0.15, 0.2) is 70.3 Å². The topological polar surface area (TPSA) is 62.5 Å². The summed E-state index contributed by atoms with van der Waals surface area (Å²) in [6.45, 7) is 5.03. The van der Waals surface area contributed by atoms with Crippen LogP contribution in [-0.2, 0) is 11.2 Å². The maximum atomic E-state index is 12.8. The minimum atomic E-state index is -0.261. The molecule has 2 aromatic carbocycles. The fourth-order valence-electron chi connectivity index (χ4n) is 3.41. The molecule has 0 unspecified atom stereocenters. The molecule has 1 fully saturated rings. The summed E-state index contributed by atoms with van der Waals surface area (Å²) in [6.07, 6.45) is 0.595. The second-order valence-corrected chi connectivity index (χ2v) is 8.32. The number of anilines is 1. The highest BCUT2D eigenvalue weighted by molar-refractivity contribution is 8.00. The second kappa shape index (κ2) is 9.13. The molecule has 4 rings (SSSR count). The Morgan fingerprint density at radius 1 is 1.00 bits per heavy atom. The van der Waals surface area contributed by atoms with Gasteiger partial charge in [-0.15, -0.1) is 10.2 Å². The van der Waals surface area contributed by atoms with Crippen LogP contribution in [0.4, 0.5) is 5.69 Å². The normalized spacial score (nSPS) is 15.3. The van der Waals surface area contributed by atoms with E-state index in [1.807, 2.05) is 60.4 Å². The summed E-state index contributed by atoms with van der Waals surface area (Å²) in [5, 5.41) is 8.39. The SMILES string of the molecule is C[C@H](Sc1nnc(Cc2ccccc2)o1)C(=O)N1CCN(c2ccccc2)CC1. The summed E-state index contributed by atoms with van der Waals surface area (Å²) in [7, 11) is 0. The van der Waals surface area contributed by atoms with Crippen molar-refractivity contribution in [2.45, 2.75) is 23.8 Å². The molecule has 1 aromatic heterocycles. The number of piperazine rings is 1. The Kier molecular flexibility index (Phi) is 6.14. The number of carbonyl (C=O) groups is 1. The summed E-state index contributed by atoms with van der Waals surface area (Å²) in [5.41, 5.74) is 2.33. The standard InChI is InChI=1S/C22H24N4O2S/c1-17(29-22-24-23-20(28-22)16-18-8-4-2-5-9-18)21(27)26-14-12-25(13-15-26)19-10-6-3-7-11-19/h2-11,17H,12-16H2,1H3/t17-/m0/s1. The van der Waals surface area contributed by atoms with Crippen molar-refractivity contribution >= 4 is 23.4 Å². The molecule has 1 atom stereocenters. The fraction of sp³-hybridized carbons (Fsp3) is 0.318. The van der Waals surface area contributed by atoms with Crippen LogP contribution in [0.2, 0.25) is 0 Å². The van der Waals surface area contributed by atoms with Gasteiger partial charge in [0.15, 0.2) is 0 Å². The zero-order chi connectivity index (χ0) is 20.1. The third kappa shape index (κ3) is 4.98. The largest absolute Gasteiger partial charge is 0.416 e. The summed E-state index contributed by atoms with van der Waals surface area (Å²) in [5.74, 6) is 0.681. The maximum absolute atomic E-state index is 12.8. The van der Waals surface area contributed by atoms with E-state index in [2.05, 4.69) is 27.2 Å². The lowest BCUT2D eigenvalue weighted by Crippen LogP contribution is -2.50. The molecule has 0 bridgehead atoms. The molecule has 1 aliphatic rings. The van der Waals surface area contributed by atoms with E-state index >= 15 is 0 Å². The highest BCUT2D eigenvalue weighted by Gasteiger charge is 2.27. The van der Waals surface area contributed by atoms with Crippen LogP contribution in [0.25, 0.3) is 0 Å². The van der Waals surface area contributed by atoms with Crippen LogP contribution in [-0.4, -0.2) is 52.4 Å². The van der Waals surface area contributed by atoms with Gasteiger partial charge in [-0.1, -0.05) is 60.3 Å². The van der Waals surface area contributed by atoms with Crippen molar-refractivity contribution in [3.8, 4) is 0 Å². The van der Waals surface area contributed by atoms with E-state index in [9.17, 15) is 4.79 Å². The zero-order valence-corrected chi connectivity index (χ0v) is 17.2. The minimum Gasteiger partial charge on any atom is -0.416 e. The molecule has 0 saturated carbocycles. The maximum Gasteiger partial charge on any atom is 0.277 e. The van der Waals surface area contributed by atoms with Gasteiger partial charge in [-0.05, 0) is 24.6 Å². The van der Waals surface area contributed by atoms with Crippen molar-refractivity contribution in [3.05, 3.63) is 72.1 Å². The van der Waals surface area contributed by atoms with Gasteiger partial charge in [-0.3, -0.25) is 4.79 Å². The fourth-order valence-corrected chi connectivity index (χ4v) is 4.19. The Hall–Kier alpha value is -2.80. The molecular weight excluding hydrogens is 384 g/mol. The first-order valence-electron chi connectivity index (χ1n) is 9.81. The van der Waals surface area contributed by atoms with Gasteiger partial charge in [0.1, 0.15) is 0 Å². The third-order valence-electron chi connectivity index (χ3n) is 4.98. The molecule has 2 heterocycles. The monoisotopic (exact) mass is 408 g/mol. The third-order valence-corrected chi connectivity index (χ3v) is 5.91. The minimum absolute atomic E-state index is 0.116. The average molecular weight is 409 g/mol. The van der Waals surface area contributed by atoms with Gasteiger partial charge < -0.3 is 14.2 Å². The lowest BCUT2D eigenvalue weighted by Gasteiger charge is -2.37. The van der Waals surface area contributed by atoms with Gasteiger partial charge in [0.25, 0.3) is 5.22 Å². The van der Waals surface area contributed by atoms with Crippen molar-refractivity contribution in [3.63, 3.8) is 0 Å². The number of hydrogen-bond acceptors (Lipinski definition) is 6. The van der Waals surface area contributed by atoms with Crippen molar-refractivity contribution in [2.75, 3.05) is 31.1 Å². The number of benzene rings is 2. The Bertz CT molecular complexity index is 924. The molecule has 0 radical (unpaired) electrons. The first kappa shape index (κ1) is 19.5.